The number of nitrogen functional groups attached to an aromatic ring is 1. The van der Waals surface area contributed by atoms with Crippen molar-refractivity contribution in [2.45, 2.75) is 6.54 Å². The minimum atomic E-state index is -0.445. The van der Waals surface area contributed by atoms with Crippen molar-refractivity contribution in [3.8, 4) is 5.75 Å². The highest BCUT2D eigenvalue weighted by molar-refractivity contribution is 5.95. The van der Waals surface area contributed by atoms with Crippen molar-refractivity contribution in [3.05, 3.63) is 59.4 Å². The van der Waals surface area contributed by atoms with Crippen LogP contribution >= 0.6 is 0 Å². The zero-order chi connectivity index (χ0) is 15.4. The second kappa shape index (κ2) is 6.26. The first-order valence-corrected chi connectivity index (χ1v) is 6.50. The predicted octanol–water partition coefficient (Wildman–Crippen LogP) is 2.75. The van der Waals surface area contributed by atoms with Gasteiger partial charge in [-0.25, -0.2) is 4.39 Å². The number of nitrogens with two attached hydrogens (primary N) is 1. The van der Waals surface area contributed by atoms with Crippen LogP contribution in [0.4, 0.5) is 10.1 Å². The molecule has 2 rings (SSSR count). The fourth-order valence-corrected chi connectivity index (χ4v) is 2.10. The van der Waals surface area contributed by atoms with Crippen molar-refractivity contribution in [1.82, 2.24) is 0 Å². The van der Waals surface area contributed by atoms with Crippen LogP contribution in [0.1, 0.15) is 11.1 Å². The third-order valence-corrected chi connectivity index (χ3v) is 3.27. The van der Waals surface area contributed by atoms with Crippen molar-refractivity contribution < 1.29 is 9.13 Å². The number of nitrogens with one attached hydrogen (secondary N) is 1. The van der Waals surface area contributed by atoms with Gasteiger partial charge < -0.3 is 15.4 Å². The molecule has 0 aliphatic heterocycles. The zero-order valence-electron chi connectivity index (χ0n) is 12.1. The van der Waals surface area contributed by atoms with Gasteiger partial charge in [-0.05, 0) is 18.2 Å². The van der Waals surface area contributed by atoms with Crippen molar-refractivity contribution in [2.24, 2.45) is 5.73 Å². The van der Waals surface area contributed by atoms with Crippen LogP contribution in [-0.2, 0) is 6.54 Å². The number of methoxy groups -OCH3 is 1. The van der Waals surface area contributed by atoms with Crippen LogP contribution in [0.25, 0.3) is 0 Å². The Morgan fingerprint density at radius 1 is 1.29 bits per heavy atom. The second-order valence-electron chi connectivity index (χ2n) is 4.75. The maximum Gasteiger partial charge on any atom is 0.139 e. The van der Waals surface area contributed by atoms with Gasteiger partial charge in [-0.15, -0.1) is 0 Å². The van der Waals surface area contributed by atoms with Gasteiger partial charge in [0.2, 0.25) is 0 Å². The lowest BCUT2D eigenvalue weighted by molar-refractivity contribution is 0.415. The first-order chi connectivity index (χ1) is 10.0. The third-order valence-electron chi connectivity index (χ3n) is 3.27. The summed E-state index contributed by atoms with van der Waals surface area (Å²) < 4.78 is 19.5. The maximum absolute atomic E-state index is 14.3. The summed E-state index contributed by atoms with van der Waals surface area (Å²) in [6.45, 7) is 0.375. The molecule has 3 N–H and O–H groups in total. The van der Waals surface area contributed by atoms with Gasteiger partial charge >= 0.3 is 0 Å². The Kier molecular flexibility index (Phi) is 4.42. The molecule has 110 valence electrons. The Morgan fingerprint density at radius 2 is 2.00 bits per heavy atom. The fourth-order valence-electron chi connectivity index (χ4n) is 2.10. The Morgan fingerprint density at radius 3 is 2.67 bits per heavy atom. The maximum atomic E-state index is 14.3. The molecular weight excluding hydrogens is 269 g/mol. The van der Waals surface area contributed by atoms with E-state index in [0.717, 1.165) is 11.4 Å². The van der Waals surface area contributed by atoms with Gasteiger partial charge in [-0.1, -0.05) is 18.2 Å². The average molecular weight is 287 g/mol. The molecule has 2 aromatic carbocycles. The highest BCUT2D eigenvalue weighted by atomic mass is 19.1. The Labute approximate surface area is 123 Å². The molecule has 0 amide bonds. The first kappa shape index (κ1) is 14.8. The summed E-state index contributed by atoms with van der Waals surface area (Å²) in [6.07, 6.45) is 0. The lowest BCUT2D eigenvalue weighted by atomic mass is 10.1. The minimum Gasteiger partial charge on any atom is -0.497 e. The van der Waals surface area contributed by atoms with Crippen molar-refractivity contribution in [2.75, 3.05) is 19.1 Å². The van der Waals surface area contributed by atoms with Crippen molar-refractivity contribution >= 4 is 11.5 Å². The van der Waals surface area contributed by atoms with Gasteiger partial charge in [0.15, 0.2) is 0 Å². The molecule has 0 saturated carbocycles. The summed E-state index contributed by atoms with van der Waals surface area (Å²) in [6, 6.07) is 12.4. The van der Waals surface area contributed by atoms with Crippen molar-refractivity contribution in [3.63, 3.8) is 0 Å². The molecule has 0 heterocycles. The van der Waals surface area contributed by atoms with Crippen LogP contribution in [-0.4, -0.2) is 20.0 Å². The smallest absolute Gasteiger partial charge is 0.139 e. The lowest BCUT2D eigenvalue weighted by Crippen LogP contribution is -2.19. The highest BCUT2D eigenvalue weighted by Gasteiger charge is 2.12. The number of benzene rings is 2. The molecule has 0 saturated heterocycles. The lowest BCUT2D eigenvalue weighted by Gasteiger charge is -2.20. The molecule has 0 bridgehead atoms. The number of hydrogen-bond acceptors (Lipinski definition) is 3. The summed E-state index contributed by atoms with van der Waals surface area (Å²) in [5.74, 6) is 0.0374. The van der Waals surface area contributed by atoms with Gasteiger partial charge in [-0.3, -0.25) is 5.41 Å². The fraction of sp³-hybridized carbons (Fsp3) is 0.188. The summed E-state index contributed by atoms with van der Waals surface area (Å²) in [5, 5.41) is 7.38. The molecule has 0 fully saturated rings. The Balaban J connectivity index is 2.25. The van der Waals surface area contributed by atoms with E-state index in [1.54, 1.807) is 19.2 Å². The molecule has 2 aromatic rings. The number of hydrogen-bond donors (Lipinski definition) is 2. The van der Waals surface area contributed by atoms with Gasteiger partial charge in [0.05, 0.1) is 12.7 Å². The normalized spacial score (nSPS) is 10.2. The number of nitrogens with zero attached hydrogens (tertiary/aromatic N) is 1. The summed E-state index contributed by atoms with van der Waals surface area (Å²) >= 11 is 0. The molecule has 5 heteroatoms. The van der Waals surface area contributed by atoms with E-state index < -0.39 is 5.82 Å². The zero-order valence-corrected chi connectivity index (χ0v) is 12.1. The van der Waals surface area contributed by atoms with E-state index in [2.05, 4.69) is 0 Å². The van der Waals surface area contributed by atoms with Crippen molar-refractivity contribution in [1.29, 1.82) is 5.41 Å². The molecule has 0 unspecified atom stereocenters. The van der Waals surface area contributed by atoms with Crippen LogP contribution in [0.15, 0.2) is 42.5 Å². The average Bonchev–Trinajstić information content (AvgIpc) is 2.49. The molecule has 0 spiro atoms. The van der Waals surface area contributed by atoms with Crippen LogP contribution in [0.5, 0.6) is 5.75 Å². The van der Waals surface area contributed by atoms with Crippen LogP contribution in [0.2, 0.25) is 0 Å². The monoisotopic (exact) mass is 287 g/mol. The second-order valence-corrected chi connectivity index (χ2v) is 4.75. The van der Waals surface area contributed by atoms with E-state index in [0.29, 0.717) is 12.1 Å². The number of rotatable bonds is 5. The topological polar surface area (TPSA) is 62.3 Å². The van der Waals surface area contributed by atoms with E-state index in [1.165, 1.54) is 6.07 Å². The van der Waals surface area contributed by atoms with E-state index in [-0.39, 0.29) is 11.4 Å². The third kappa shape index (κ3) is 3.31. The molecule has 21 heavy (non-hydrogen) atoms. The predicted molar refractivity (Wildman–Crippen MR) is 82.5 cm³/mol. The molecular formula is C16H18FN3O. The van der Waals surface area contributed by atoms with Crippen LogP contribution in [0, 0.1) is 11.2 Å². The summed E-state index contributed by atoms with van der Waals surface area (Å²) in [4.78, 5) is 1.91. The van der Waals surface area contributed by atoms with Gasteiger partial charge in [0.25, 0.3) is 0 Å². The van der Waals surface area contributed by atoms with E-state index in [9.17, 15) is 4.39 Å². The molecule has 4 nitrogen and oxygen atoms in total. The van der Waals surface area contributed by atoms with Crippen LogP contribution in [0.3, 0.4) is 0 Å². The molecule has 0 aliphatic rings. The Bertz CT molecular complexity index is 658. The number of amidine groups is 1. The van der Waals surface area contributed by atoms with E-state index in [4.69, 9.17) is 15.9 Å². The standard InChI is InChI=1S/C16H18FN3O/c1-20(12-6-4-7-13(9-12)21-2)10-11-5-3-8-14(15(11)17)16(18)19/h3-9H,10H2,1-2H3,(H3,18,19). The first-order valence-electron chi connectivity index (χ1n) is 6.50. The molecule has 0 atom stereocenters. The molecule has 0 radical (unpaired) electrons. The minimum absolute atomic E-state index is 0.131. The highest BCUT2D eigenvalue weighted by Crippen LogP contribution is 2.22. The largest absolute Gasteiger partial charge is 0.497 e. The molecule has 0 aliphatic carbocycles. The van der Waals surface area contributed by atoms with E-state index in [1.807, 2.05) is 36.2 Å². The van der Waals surface area contributed by atoms with E-state index >= 15 is 0 Å². The van der Waals surface area contributed by atoms with Gasteiger partial charge in [-0.2, -0.15) is 0 Å². The SMILES string of the molecule is COc1cccc(N(C)Cc2cccc(C(=N)N)c2F)c1. The van der Waals surface area contributed by atoms with Gasteiger partial charge in [0.1, 0.15) is 17.4 Å². The molecule has 0 aromatic heterocycles. The summed E-state index contributed by atoms with van der Waals surface area (Å²) in [7, 11) is 3.48. The number of halogens is 1. The van der Waals surface area contributed by atoms with Gasteiger partial charge in [0, 0.05) is 30.9 Å². The van der Waals surface area contributed by atoms with Crippen LogP contribution < -0.4 is 15.4 Å². The number of ether oxygens (including phenoxy) is 1. The Hall–Kier alpha value is -2.56. The quantitative estimate of drug-likeness (QED) is 0.656. The summed E-state index contributed by atoms with van der Waals surface area (Å²) in [5.41, 5.74) is 6.92. The number of anilines is 1.